The van der Waals surface area contributed by atoms with E-state index in [9.17, 15) is 0 Å². The Hall–Kier alpha value is 0.200. The van der Waals surface area contributed by atoms with E-state index in [1.165, 1.54) is 11.8 Å². The Bertz CT molecular complexity index is 95.0. The van der Waals surface area contributed by atoms with Gasteiger partial charge in [0.05, 0.1) is 6.61 Å². The summed E-state index contributed by atoms with van der Waals surface area (Å²) in [6, 6.07) is 0. The van der Waals surface area contributed by atoms with Crippen LogP contribution < -0.4 is 0 Å². The Morgan fingerprint density at radius 1 is 1.67 bits per heavy atom. The monoisotopic (exact) mass is 165 g/mol. The molecule has 0 rings (SSSR count). The van der Waals surface area contributed by atoms with Crippen LogP contribution in [0.25, 0.3) is 0 Å². The van der Waals surface area contributed by atoms with E-state index in [0.29, 0.717) is 5.75 Å². The molecule has 1 N–H and O–H groups in total. The van der Waals surface area contributed by atoms with Crippen LogP contribution in [0.4, 0.5) is 0 Å². The molecule has 0 spiro atoms. The molecular weight excluding hydrogens is 154 g/mol. The van der Waals surface area contributed by atoms with E-state index in [1.54, 1.807) is 0 Å². The number of hydrogen-bond acceptors (Lipinski definition) is 3. The number of aliphatic hydroxyl groups is 1. The smallest absolute Gasteiger partial charge is 0.135 e. The lowest BCUT2D eigenvalue weighted by Gasteiger charge is -2.11. The summed E-state index contributed by atoms with van der Waals surface area (Å²) in [6.45, 7) is 0.193. The van der Waals surface area contributed by atoms with Crippen LogP contribution in [0, 0.1) is 0 Å². The van der Waals surface area contributed by atoms with Gasteiger partial charge < -0.3 is 10.0 Å². The standard InChI is InChI=1S/C5H11NOS2/c1-6(2)5(8)9-4-3-7/h7H,3-4H2,1-2H3. The van der Waals surface area contributed by atoms with Crippen molar-refractivity contribution in [2.45, 2.75) is 0 Å². The van der Waals surface area contributed by atoms with Gasteiger partial charge in [0.1, 0.15) is 4.32 Å². The molecule has 0 radical (unpaired) electrons. The first kappa shape index (κ1) is 9.20. The third-order valence-electron chi connectivity index (χ3n) is 0.682. The summed E-state index contributed by atoms with van der Waals surface area (Å²) in [7, 11) is 3.79. The Balaban J connectivity index is 3.28. The van der Waals surface area contributed by atoms with Crippen molar-refractivity contribution in [1.82, 2.24) is 4.90 Å². The largest absolute Gasteiger partial charge is 0.396 e. The Labute approximate surface area is 65.2 Å². The summed E-state index contributed by atoms with van der Waals surface area (Å²) in [5.74, 6) is 0.691. The van der Waals surface area contributed by atoms with Gasteiger partial charge in [-0.2, -0.15) is 0 Å². The molecule has 0 aromatic carbocycles. The quantitative estimate of drug-likeness (QED) is 0.604. The van der Waals surface area contributed by atoms with Gasteiger partial charge in [-0.15, -0.1) is 0 Å². The van der Waals surface area contributed by atoms with Crippen LogP contribution in [0.15, 0.2) is 0 Å². The van der Waals surface area contributed by atoms with Gasteiger partial charge in [0.25, 0.3) is 0 Å². The van der Waals surface area contributed by atoms with Gasteiger partial charge in [-0.3, -0.25) is 0 Å². The molecule has 0 atom stereocenters. The first-order chi connectivity index (χ1) is 4.18. The fraction of sp³-hybridized carbons (Fsp3) is 0.800. The number of hydrogen-bond donors (Lipinski definition) is 1. The van der Waals surface area contributed by atoms with Crippen molar-refractivity contribution in [3.63, 3.8) is 0 Å². The van der Waals surface area contributed by atoms with Gasteiger partial charge >= 0.3 is 0 Å². The maximum atomic E-state index is 8.40. The molecule has 0 saturated carbocycles. The second-order valence-electron chi connectivity index (χ2n) is 1.73. The van der Waals surface area contributed by atoms with Crippen molar-refractivity contribution in [2.75, 3.05) is 26.5 Å². The molecule has 0 heterocycles. The minimum atomic E-state index is 0.193. The van der Waals surface area contributed by atoms with E-state index >= 15 is 0 Å². The summed E-state index contributed by atoms with van der Waals surface area (Å²) in [5, 5.41) is 8.40. The number of aliphatic hydroxyl groups excluding tert-OH is 1. The molecule has 0 aromatic heterocycles. The third-order valence-corrected chi connectivity index (χ3v) is 2.40. The van der Waals surface area contributed by atoms with Crippen LogP contribution in [-0.4, -0.2) is 40.8 Å². The highest BCUT2D eigenvalue weighted by Gasteiger charge is 1.96. The maximum absolute atomic E-state index is 8.40. The fourth-order valence-electron chi connectivity index (χ4n) is 0.262. The van der Waals surface area contributed by atoms with Gasteiger partial charge in [0.15, 0.2) is 0 Å². The second-order valence-corrected chi connectivity index (χ2v) is 3.46. The van der Waals surface area contributed by atoms with Crippen LogP contribution >= 0.6 is 24.0 Å². The molecule has 54 valence electrons. The topological polar surface area (TPSA) is 23.5 Å². The normalized spacial score (nSPS) is 9.22. The van der Waals surface area contributed by atoms with Crippen molar-refractivity contribution < 1.29 is 5.11 Å². The molecule has 0 fully saturated rings. The van der Waals surface area contributed by atoms with Crippen molar-refractivity contribution in [2.24, 2.45) is 0 Å². The van der Waals surface area contributed by atoms with Crippen molar-refractivity contribution in [3.05, 3.63) is 0 Å². The molecular formula is C5H11NOS2. The first-order valence-corrected chi connectivity index (χ1v) is 4.03. The molecule has 0 unspecified atom stereocenters. The lowest BCUT2D eigenvalue weighted by Crippen LogP contribution is -2.16. The zero-order valence-electron chi connectivity index (χ0n) is 5.63. The highest BCUT2D eigenvalue weighted by atomic mass is 32.2. The Kier molecular flexibility index (Phi) is 5.13. The van der Waals surface area contributed by atoms with E-state index < -0.39 is 0 Å². The van der Waals surface area contributed by atoms with E-state index in [4.69, 9.17) is 17.3 Å². The Morgan fingerprint density at radius 2 is 2.22 bits per heavy atom. The highest BCUT2D eigenvalue weighted by Crippen LogP contribution is 2.04. The van der Waals surface area contributed by atoms with Crippen molar-refractivity contribution in [1.29, 1.82) is 0 Å². The summed E-state index contributed by atoms with van der Waals surface area (Å²) < 4.78 is 0.823. The van der Waals surface area contributed by atoms with Gasteiger partial charge in [-0.05, 0) is 0 Å². The molecule has 0 saturated heterocycles. The van der Waals surface area contributed by atoms with Gasteiger partial charge in [0.2, 0.25) is 0 Å². The van der Waals surface area contributed by atoms with Gasteiger partial charge in [0, 0.05) is 19.8 Å². The predicted molar refractivity (Wildman–Crippen MR) is 45.8 cm³/mol. The summed E-state index contributed by atoms with van der Waals surface area (Å²) >= 11 is 6.41. The Morgan fingerprint density at radius 3 is 2.56 bits per heavy atom. The van der Waals surface area contributed by atoms with Crippen molar-refractivity contribution in [3.8, 4) is 0 Å². The number of thiocarbonyl (C=S) groups is 1. The average molecular weight is 165 g/mol. The fourth-order valence-corrected chi connectivity index (χ4v) is 1.04. The minimum absolute atomic E-state index is 0.193. The molecule has 0 aliphatic heterocycles. The number of thioether (sulfide) groups is 1. The van der Waals surface area contributed by atoms with E-state index in [0.717, 1.165) is 4.32 Å². The molecule has 0 aliphatic carbocycles. The first-order valence-electron chi connectivity index (χ1n) is 2.63. The lowest BCUT2D eigenvalue weighted by atomic mass is 10.9. The molecule has 0 bridgehead atoms. The average Bonchev–Trinajstić information content (AvgIpc) is 1.82. The maximum Gasteiger partial charge on any atom is 0.135 e. The number of nitrogens with zero attached hydrogens (tertiary/aromatic N) is 1. The van der Waals surface area contributed by atoms with E-state index in [2.05, 4.69) is 0 Å². The van der Waals surface area contributed by atoms with Gasteiger partial charge in [-0.25, -0.2) is 0 Å². The molecule has 2 nitrogen and oxygen atoms in total. The van der Waals surface area contributed by atoms with E-state index in [1.807, 2.05) is 19.0 Å². The van der Waals surface area contributed by atoms with Gasteiger partial charge in [-0.1, -0.05) is 24.0 Å². The van der Waals surface area contributed by atoms with E-state index in [-0.39, 0.29) is 6.61 Å². The molecule has 9 heavy (non-hydrogen) atoms. The summed E-state index contributed by atoms with van der Waals surface area (Å²) in [4.78, 5) is 1.86. The zero-order valence-corrected chi connectivity index (χ0v) is 7.26. The summed E-state index contributed by atoms with van der Waals surface area (Å²) in [6.07, 6.45) is 0. The minimum Gasteiger partial charge on any atom is -0.396 e. The van der Waals surface area contributed by atoms with Crippen LogP contribution in [0.5, 0.6) is 0 Å². The van der Waals surface area contributed by atoms with Crippen LogP contribution in [-0.2, 0) is 0 Å². The lowest BCUT2D eigenvalue weighted by molar-refractivity contribution is 0.323. The highest BCUT2D eigenvalue weighted by molar-refractivity contribution is 8.22. The molecule has 4 heteroatoms. The molecule has 0 aliphatic rings. The molecule has 0 aromatic rings. The zero-order chi connectivity index (χ0) is 7.28. The number of rotatable bonds is 2. The molecule has 0 amide bonds. The predicted octanol–water partition coefficient (Wildman–Crippen LogP) is 0.558. The van der Waals surface area contributed by atoms with Crippen molar-refractivity contribution >= 4 is 28.3 Å². The summed E-state index contributed by atoms with van der Waals surface area (Å²) in [5.41, 5.74) is 0. The van der Waals surface area contributed by atoms with Crippen LogP contribution in [0.2, 0.25) is 0 Å². The SMILES string of the molecule is CN(C)C(=S)SCCO. The third kappa shape index (κ3) is 4.69. The second kappa shape index (κ2) is 5.02. The van der Waals surface area contributed by atoms with Crippen LogP contribution in [0.3, 0.4) is 0 Å². The van der Waals surface area contributed by atoms with Crippen LogP contribution in [0.1, 0.15) is 0 Å².